The molecule has 0 aromatic carbocycles. The van der Waals surface area contributed by atoms with Gasteiger partial charge in [-0.3, -0.25) is 0 Å². The topological polar surface area (TPSA) is 0 Å². The summed E-state index contributed by atoms with van der Waals surface area (Å²) in [5.74, 6) is 0. The summed E-state index contributed by atoms with van der Waals surface area (Å²) in [5, 5.41) is 0. The fourth-order valence-electron chi connectivity index (χ4n) is 0. The van der Waals surface area contributed by atoms with E-state index in [1.807, 2.05) is 0 Å². The van der Waals surface area contributed by atoms with Crippen LogP contribution in [0.25, 0.3) is 0 Å². The molecule has 0 rings (SSSR count). The van der Waals surface area contributed by atoms with Gasteiger partial charge in [0.1, 0.15) is 0 Å². The maximum atomic E-state index is 0. The molecule has 0 nitrogen and oxygen atoms in total. The third kappa shape index (κ3) is 8.86. The van der Waals surface area contributed by atoms with E-state index in [0.29, 0.717) is 0 Å². The SMILES string of the molecule is P.[Ni].[Re].[W]. The van der Waals surface area contributed by atoms with Crippen molar-refractivity contribution < 1.29 is 58.0 Å². The van der Waals surface area contributed by atoms with Gasteiger partial charge < -0.3 is 0 Å². The molecule has 0 heterocycles. The van der Waals surface area contributed by atoms with Gasteiger partial charge in [0, 0.05) is 58.0 Å². The first-order valence-electron chi connectivity index (χ1n) is 0. The van der Waals surface area contributed by atoms with Crippen molar-refractivity contribution in [2.75, 3.05) is 0 Å². The van der Waals surface area contributed by atoms with Crippen LogP contribution < -0.4 is 0 Å². The largest absolute Gasteiger partial charge is 0.153 e. The summed E-state index contributed by atoms with van der Waals surface area (Å²) in [4.78, 5) is 0. The van der Waals surface area contributed by atoms with E-state index in [0.717, 1.165) is 0 Å². The Morgan fingerprint density at radius 2 is 1.00 bits per heavy atom. The molecule has 0 fully saturated rings. The molecule has 4 heteroatoms. The van der Waals surface area contributed by atoms with Gasteiger partial charge in [-0.15, -0.1) is 0 Å². The van der Waals surface area contributed by atoms with E-state index in [4.69, 9.17) is 0 Å². The van der Waals surface area contributed by atoms with Gasteiger partial charge in [0.25, 0.3) is 0 Å². The third-order valence-electron chi connectivity index (χ3n) is 0. The van der Waals surface area contributed by atoms with E-state index in [2.05, 4.69) is 0 Å². The predicted molar refractivity (Wildman–Crippen MR) is 11.1 cm³/mol. The van der Waals surface area contributed by atoms with E-state index in [1.165, 1.54) is 0 Å². The van der Waals surface area contributed by atoms with Crippen molar-refractivity contribution in [3.8, 4) is 0 Å². The normalized spacial score (nSPS) is 0. The van der Waals surface area contributed by atoms with Crippen LogP contribution in [0.5, 0.6) is 0 Å². The zero-order valence-electron chi connectivity index (χ0n) is 1.81. The molecule has 0 aromatic heterocycles. The molecule has 0 amide bonds. The van der Waals surface area contributed by atoms with Crippen LogP contribution >= 0.6 is 9.90 Å². The van der Waals surface area contributed by atoms with Crippen molar-refractivity contribution in [2.45, 2.75) is 0 Å². The van der Waals surface area contributed by atoms with E-state index in [-0.39, 0.29) is 67.9 Å². The van der Waals surface area contributed by atoms with Crippen molar-refractivity contribution in [3.05, 3.63) is 0 Å². The standard InChI is InChI=1S/Ni.H3P.Re.W/h;1H3;;. The van der Waals surface area contributed by atoms with Crippen LogP contribution in [0.4, 0.5) is 0 Å². The molecule has 1 unspecified atom stereocenters. The van der Waals surface area contributed by atoms with Gasteiger partial charge in [-0.2, -0.15) is 9.90 Å². The van der Waals surface area contributed by atoms with Crippen LogP contribution in [0.15, 0.2) is 0 Å². The summed E-state index contributed by atoms with van der Waals surface area (Å²) in [7, 11) is 0. The maximum absolute atomic E-state index is 0. The minimum Gasteiger partial charge on any atom is -0.153 e. The second kappa shape index (κ2) is 18.6. The molecule has 1 atom stereocenters. The average Bonchev–Trinajstić information content (AvgIpc) is 0. The second-order valence-electron chi connectivity index (χ2n) is 0. The van der Waals surface area contributed by atoms with Crippen LogP contribution in [-0.4, -0.2) is 0 Å². The van der Waals surface area contributed by atoms with Gasteiger partial charge >= 0.3 is 0 Å². The first-order valence-corrected chi connectivity index (χ1v) is 0. The Labute approximate surface area is 67.3 Å². The van der Waals surface area contributed by atoms with Crippen LogP contribution in [0.2, 0.25) is 0 Å². The molecule has 0 spiro atoms. The molecule has 0 saturated carbocycles. The summed E-state index contributed by atoms with van der Waals surface area (Å²) < 4.78 is 0. The van der Waals surface area contributed by atoms with Gasteiger partial charge in [0.2, 0.25) is 0 Å². The minimum absolute atomic E-state index is 0. The van der Waals surface area contributed by atoms with Crippen LogP contribution in [0, 0.1) is 0 Å². The Morgan fingerprint density at radius 3 is 1.00 bits per heavy atom. The van der Waals surface area contributed by atoms with E-state index >= 15 is 0 Å². The number of hydrogen-bond acceptors (Lipinski definition) is 0. The molecule has 0 aliphatic rings. The van der Waals surface area contributed by atoms with Gasteiger partial charge in [-0.25, -0.2) is 0 Å². The van der Waals surface area contributed by atoms with Gasteiger partial charge in [-0.05, 0) is 0 Å². The van der Waals surface area contributed by atoms with Gasteiger partial charge in [0.05, 0.1) is 0 Å². The Kier molecular flexibility index (Phi) is 157. The summed E-state index contributed by atoms with van der Waals surface area (Å²) in [6.45, 7) is 0. The molecule has 1 radical (unpaired) electrons. The van der Waals surface area contributed by atoms with Gasteiger partial charge in [-0.1, -0.05) is 0 Å². The second-order valence-corrected chi connectivity index (χ2v) is 0. The molecule has 0 bridgehead atoms. The average molecular weight is 463 g/mol. The Bertz CT molecular complexity index is 8.00. The quantitative estimate of drug-likeness (QED) is 0.353. The molecule has 4 heavy (non-hydrogen) atoms. The fourth-order valence-corrected chi connectivity index (χ4v) is 0. The van der Waals surface area contributed by atoms with Crippen molar-refractivity contribution in [1.29, 1.82) is 0 Å². The molecule has 0 aromatic rings. The van der Waals surface area contributed by atoms with Crippen LogP contribution in [0.3, 0.4) is 0 Å². The van der Waals surface area contributed by atoms with E-state index in [9.17, 15) is 0 Å². The van der Waals surface area contributed by atoms with E-state index < -0.39 is 0 Å². The van der Waals surface area contributed by atoms with Crippen molar-refractivity contribution in [1.82, 2.24) is 0 Å². The number of hydrogen-bond donors (Lipinski definition) is 0. The summed E-state index contributed by atoms with van der Waals surface area (Å²) in [5.41, 5.74) is 0. The van der Waals surface area contributed by atoms with Gasteiger partial charge in [0.15, 0.2) is 0 Å². The zero-order chi connectivity index (χ0) is 0. The smallest absolute Gasteiger partial charge is 0 e. The Morgan fingerprint density at radius 1 is 1.00 bits per heavy atom. The Balaban J connectivity index is 0. The van der Waals surface area contributed by atoms with E-state index in [1.54, 1.807) is 0 Å². The van der Waals surface area contributed by atoms with Crippen molar-refractivity contribution >= 4 is 9.90 Å². The monoisotopic (exact) mass is 463 g/mol. The fraction of sp³-hybridized carbons (Fsp3) is 0. The zero-order valence-corrected chi connectivity index (χ0v) is 9.86. The van der Waals surface area contributed by atoms with Crippen LogP contribution in [0.1, 0.15) is 0 Å². The molecule has 31 valence electrons. The van der Waals surface area contributed by atoms with Crippen molar-refractivity contribution in [2.24, 2.45) is 0 Å². The predicted octanol–water partition coefficient (Wildman–Crippen LogP) is 0.0506. The summed E-state index contributed by atoms with van der Waals surface area (Å²) in [6, 6.07) is 0. The Hall–Kier alpha value is 2.27. The first-order chi connectivity index (χ1) is 0. The van der Waals surface area contributed by atoms with Crippen LogP contribution in [-0.2, 0) is 58.0 Å². The molecule has 0 N–H and O–H groups in total. The molecular formula is H3NiPReW. The first kappa shape index (κ1) is 33.7. The molecule has 0 aliphatic carbocycles. The summed E-state index contributed by atoms with van der Waals surface area (Å²) >= 11 is 0. The maximum Gasteiger partial charge on any atom is 0 e. The molecule has 0 saturated heterocycles. The summed E-state index contributed by atoms with van der Waals surface area (Å²) in [6.07, 6.45) is 0. The molecular weight excluding hydrogens is 460 g/mol. The molecule has 0 aliphatic heterocycles. The number of rotatable bonds is 0. The minimum atomic E-state index is 0. The third-order valence-corrected chi connectivity index (χ3v) is 0. The van der Waals surface area contributed by atoms with Crippen molar-refractivity contribution in [3.63, 3.8) is 0 Å².